The number of ether oxygens (including phenoxy) is 2. The monoisotopic (exact) mass is 243 g/mol. The Hall–Kier alpha value is -0.160. The molecule has 0 saturated carbocycles. The Morgan fingerprint density at radius 3 is 2.76 bits per heavy atom. The lowest BCUT2D eigenvalue weighted by Gasteiger charge is -2.22. The second kappa shape index (κ2) is 6.14. The van der Waals surface area contributed by atoms with E-state index in [1.165, 1.54) is 12.8 Å². The van der Waals surface area contributed by atoms with Crippen LogP contribution in [-0.2, 0) is 9.47 Å². The number of nitrogens with one attached hydrogen (secondary N) is 1. The van der Waals surface area contributed by atoms with Gasteiger partial charge in [0.25, 0.3) is 0 Å². The van der Waals surface area contributed by atoms with E-state index >= 15 is 0 Å². The average Bonchev–Trinajstić information content (AvgIpc) is 2.87. The second-order valence-corrected chi connectivity index (χ2v) is 5.71. The van der Waals surface area contributed by atoms with Gasteiger partial charge in [0.05, 0.1) is 24.9 Å². The number of aliphatic hydroxyl groups excluding tert-OH is 1. The third kappa shape index (κ3) is 3.91. The molecule has 2 N–H and O–H groups in total. The topological polar surface area (TPSA) is 50.7 Å². The predicted molar refractivity (Wildman–Crippen MR) is 66.0 cm³/mol. The summed E-state index contributed by atoms with van der Waals surface area (Å²) in [5.41, 5.74) is 0. The van der Waals surface area contributed by atoms with Crippen molar-refractivity contribution in [2.24, 2.45) is 5.92 Å². The molecule has 2 fully saturated rings. The molecule has 4 unspecified atom stereocenters. The van der Waals surface area contributed by atoms with Crippen LogP contribution in [0.4, 0.5) is 0 Å². The van der Waals surface area contributed by atoms with E-state index in [0.29, 0.717) is 43.9 Å². The van der Waals surface area contributed by atoms with Crippen LogP contribution in [0.2, 0.25) is 0 Å². The standard InChI is InChI=1S/C13H25NO3/c1-9(2)7-16-8-10(15)6-14-12-5-11-3-4-13(12)17-11/h9-15H,3-8H2,1-2H3. The molecule has 0 aromatic heterocycles. The van der Waals surface area contributed by atoms with Crippen molar-refractivity contribution in [3.05, 3.63) is 0 Å². The van der Waals surface area contributed by atoms with E-state index in [2.05, 4.69) is 19.2 Å². The average molecular weight is 243 g/mol. The van der Waals surface area contributed by atoms with Crippen molar-refractivity contribution in [3.8, 4) is 0 Å². The molecule has 0 radical (unpaired) electrons. The molecule has 0 aromatic rings. The van der Waals surface area contributed by atoms with Gasteiger partial charge in [0, 0.05) is 19.2 Å². The zero-order valence-electron chi connectivity index (χ0n) is 10.9. The molecule has 0 aliphatic carbocycles. The molecule has 100 valence electrons. The van der Waals surface area contributed by atoms with Gasteiger partial charge in [-0.1, -0.05) is 13.8 Å². The van der Waals surface area contributed by atoms with Crippen molar-refractivity contribution in [3.63, 3.8) is 0 Å². The molecule has 0 spiro atoms. The summed E-state index contributed by atoms with van der Waals surface area (Å²) < 4.78 is 11.2. The molecule has 4 atom stereocenters. The van der Waals surface area contributed by atoms with E-state index in [-0.39, 0.29) is 0 Å². The SMILES string of the molecule is CC(C)COCC(O)CNC1CC2CCC1O2. The van der Waals surface area contributed by atoms with Crippen molar-refractivity contribution in [2.75, 3.05) is 19.8 Å². The summed E-state index contributed by atoms with van der Waals surface area (Å²) >= 11 is 0. The summed E-state index contributed by atoms with van der Waals surface area (Å²) in [6.07, 6.45) is 3.92. The van der Waals surface area contributed by atoms with Gasteiger partial charge in [-0.2, -0.15) is 0 Å². The van der Waals surface area contributed by atoms with Crippen LogP contribution in [0.25, 0.3) is 0 Å². The molecule has 2 rings (SSSR count). The van der Waals surface area contributed by atoms with Crippen LogP contribution in [0.3, 0.4) is 0 Å². The highest BCUT2D eigenvalue weighted by Gasteiger charge is 2.40. The van der Waals surface area contributed by atoms with Gasteiger partial charge in [-0.25, -0.2) is 0 Å². The summed E-state index contributed by atoms with van der Waals surface area (Å²) in [6, 6.07) is 0.438. The number of rotatable bonds is 7. The Morgan fingerprint density at radius 2 is 2.18 bits per heavy atom. The first-order valence-electron chi connectivity index (χ1n) is 6.79. The number of hydrogen-bond donors (Lipinski definition) is 2. The highest BCUT2D eigenvalue weighted by Crippen LogP contribution is 2.34. The van der Waals surface area contributed by atoms with Crippen LogP contribution in [0.1, 0.15) is 33.1 Å². The van der Waals surface area contributed by atoms with Gasteiger partial charge in [0.1, 0.15) is 0 Å². The Balaban J connectivity index is 1.55. The van der Waals surface area contributed by atoms with E-state index in [4.69, 9.17) is 9.47 Å². The minimum absolute atomic E-state index is 0.379. The lowest BCUT2D eigenvalue weighted by Crippen LogP contribution is -2.42. The Kier molecular flexibility index (Phi) is 4.79. The van der Waals surface area contributed by atoms with E-state index in [9.17, 15) is 5.11 Å². The van der Waals surface area contributed by atoms with Crippen molar-refractivity contribution in [1.82, 2.24) is 5.32 Å². The molecule has 2 aliphatic rings. The first-order chi connectivity index (χ1) is 8.15. The minimum atomic E-state index is -0.409. The van der Waals surface area contributed by atoms with Crippen LogP contribution in [0.15, 0.2) is 0 Å². The summed E-state index contributed by atoms with van der Waals surface area (Å²) in [5, 5.41) is 13.2. The molecule has 4 nitrogen and oxygen atoms in total. The van der Waals surface area contributed by atoms with Crippen LogP contribution in [-0.4, -0.2) is 49.2 Å². The van der Waals surface area contributed by atoms with Gasteiger partial charge in [-0.3, -0.25) is 0 Å². The van der Waals surface area contributed by atoms with E-state index < -0.39 is 6.10 Å². The molecule has 0 aromatic carbocycles. The fourth-order valence-corrected chi connectivity index (χ4v) is 2.64. The molecule has 0 amide bonds. The van der Waals surface area contributed by atoms with E-state index in [0.717, 1.165) is 6.42 Å². The highest BCUT2D eigenvalue weighted by molar-refractivity contribution is 4.94. The number of hydrogen-bond acceptors (Lipinski definition) is 4. The number of fused-ring (bicyclic) bond motifs is 2. The van der Waals surface area contributed by atoms with Crippen LogP contribution in [0, 0.1) is 5.92 Å². The first kappa shape index (κ1) is 13.3. The predicted octanol–water partition coefficient (Wildman–Crippen LogP) is 0.929. The maximum absolute atomic E-state index is 9.76. The van der Waals surface area contributed by atoms with Gasteiger partial charge in [-0.15, -0.1) is 0 Å². The lowest BCUT2D eigenvalue weighted by atomic mass is 9.95. The minimum Gasteiger partial charge on any atom is -0.389 e. The summed E-state index contributed by atoms with van der Waals surface area (Å²) in [5.74, 6) is 0.522. The quantitative estimate of drug-likeness (QED) is 0.698. The smallest absolute Gasteiger partial charge is 0.0897 e. The molecule has 2 bridgehead atoms. The maximum Gasteiger partial charge on any atom is 0.0897 e. The Labute approximate surface area is 104 Å². The van der Waals surface area contributed by atoms with Crippen molar-refractivity contribution >= 4 is 0 Å². The van der Waals surface area contributed by atoms with E-state index in [1.54, 1.807) is 0 Å². The largest absolute Gasteiger partial charge is 0.389 e. The van der Waals surface area contributed by atoms with Gasteiger partial charge in [-0.05, 0) is 25.2 Å². The van der Waals surface area contributed by atoms with Crippen molar-refractivity contribution < 1.29 is 14.6 Å². The Bertz CT molecular complexity index is 235. The van der Waals surface area contributed by atoms with E-state index in [1.807, 2.05) is 0 Å². The van der Waals surface area contributed by atoms with Gasteiger partial charge < -0.3 is 19.9 Å². The summed E-state index contributed by atoms with van der Waals surface area (Å²) in [6.45, 7) is 5.96. The highest BCUT2D eigenvalue weighted by atomic mass is 16.5. The first-order valence-corrected chi connectivity index (χ1v) is 6.79. The van der Waals surface area contributed by atoms with Crippen molar-refractivity contribution in [1.29, 1.82) is 0 Å². The van der Waals surface area contributed by atoms with Crippen molar-refractivity contribution in [2.45, 2.75) is 57.5 Å². The zero-order valence-corrected chi connectivity index (χ0v) is 10.9. The molecule has 2 aliphatic heterocycles. The molecular weight excluding hydrogens is 218 g/mol. The zero-order chi connectivity index (χ0) is 12.3. The summed E-state index contributed by atoms with van der Waals surface area (Å²) in [7, 11) is 0. The van der Waals surface area contributed by atoms with Gasteiger partial charge >= 0.3 is 0 Å². The normalized spacial score (nSPS) is 33.5. The van der Waals surface area contributed by atoms with Gasteiger partial charge in [0.2, 0.25) is 0 Å². The summed E-state index contributed by atoms with van der Waals surface area (Å²) in [4.78, 5) is 0. The fraction of sp³-hybridized carbons (Fsp3) is 1.00. The molecule has 4 heteroatoms. The maximum atomic E-state index is 9.76. The fourth-order valence-electron chi connectivity index (χ4n) is 2.64. The second-order valence-electron chi connectivity index (χ2n) is 5.71. The number of aliphatic hydroxyl groups is 1. The van der Waals surface area contributed by atoms with Gasteiger partial charge in [0.15, 0.2) is 0 Å². The molecule has 2 saturated heterocycles. The molecular formula is C13H25NO3. The Morgan fingerprint density at radius 1 is 1.35 bits per heavy atom. The van der Waals surface area contributed by atoms with Crippen LogP contribution < -0.4 is 5.32 Å². The van der Waals surface area contributed by atoms with Crippen LogP contribution in [0.5, 0.6) is 0 Å². The molecule has 2 heterocycles. The molecule has 17 heavy (non-hydrogen) atoms. The third-order valence-electron chi connectivity index (χ3n) is 3.48. The lowest BCUT2D eigenvalue weighted by molar-refractivity contribution is 0.0234. The third-order valence-corrected chi connectivity index (χ3v) is 3.48. The van der Waals surface area contributed by atoms with Crippen LogP contribution >= 0.6 is 0 Å².